The minimum absolute atomic E-state index is 0.00185. The van der Waals surface area contributed by atoms with Gasteiger partial charge in [-0.25, -0.2) is 0 Å². The summed E-state index contributed by atoms with van der Waals surface area (Å²) in [6.45, 7) is 0. The van der Waals surface area contributed by atoms with Gasteiger partial charge in [-0.05, 0) is 10.8 Å². The van der Waals surface area contributed by atoms with Crippen LogP contribution in [0.1, 0.15) is 0 Å². The molecule has 0 radical (unpaired) electrons. The Bertz CT molecular complexity index is 1630. The van der Waals surface area contributed by atoms with Gasteiger partial charge in [-0.1, -0.05) is 36.4 Å². The van der Waals surface area contributed by atoms with Crippen LogP contribution in [0.5, 0.6) is 0 Å². The maximum Gasteiger partial charge on any atom is 0.291 e. The van der Waals surface area contributed by atoms with E-state index in [1.54, 1.807) is 0 Å². The molecule has 0 saturated heterocycles. The van der Waals surface area contributed by atoms with Gasteiger partial charge < -0.3 is 0 Å². The molecule has 0 aliphatic heterocycles. The Morgan fingerprint density at radius 1 is 0.400 bits per heavy atom. The first-order valence-electron chi connectivity index (χ1n) is 10.6. The first-order valence-corrected chi connectivity index (χ1v) is 10.6. The third kappa shape index (κ3) is 4.42. The second-order valence-electron chi connectivity index (χ2n) is 7.97. The Morgan fingerprint density at radius 2 is 0.675 bits per heavy atom. The number of fused-ring (bicyclic) bond motifs is 1. The van der Waals surface area contributed by atoms with E-state index < -0.39 is 74.8 Å². The van der Waals surface area contributed by atoms with Crippen molar-refractivity contribution in [1.82, 2.24) is 0 Å². The van der Waals surface area contributed by atoms with Gasteiger partial charge in [0.15, 0.2) is 0 Å². The van der Waals surface area contributed by atoms with Crippen LogP contribution < -0.4 is 0 Å². The van der Waals surface area contributed by atoms with Gasteiger partial charge in [-0.2, -0.15) is 0 Å². The molecule has 0 fully saturated rings. The number of non-ortho nitro benzene ring substituents is 2. The van der Waals surface area contributed by atoms with Crippen molar-refractivity contribution in [2.24, 2.45) is 0 Å². The van der Waals surface area contributed by atoms with Gasteiger partial charge in [-0.3, -0.25) is 60.7 Å². The number of nitrogens with zero attached hydrogens (tertiary/aromatic N) is 6. The molecule has 0 amide bonds. The van der Waals surface area contributed by atoms with Crippen molar-refractivity contribution in [3.63, 3.8) is 0 Å². The average Bonchev–Trinajstić information content (AvgIpc) is 2.90. The molecule has 0 spiro atoms. The molecule has 18 heteroatoms. The molecule has 0 unspecified atom stereocenters. The molecular weight excluding hydrogens is 540 g/mol. The molecule has 0 N–H and O–H groups in total. The summed E-state index contributed by atoms with van der Waals surface area (Å²) < 4.78 is 0. The van der Waals surface area contributed by atoms with Crippen molar-refractivity contribution >= 4 is 44.9 Å². The van der Waals surface area contributed by atoms with Crippen LogP contribution in [0.15, 0.2) is 60.7 Å². The Morgan fingerprint density at radius 3 is 0.900 bits per heavy atom. The van der Waals surface area contributed by atoms with Crippen LogP contribution >= 0.6 is 0 Å². The van der Waals surface area contributed by atoms with Crippen molar-refractivity contribution in [1.29, 1.82) is 0 Å². The highest BCUT2D eigenvalue weighted by molar-refractivity contribution is 6.09. The number of nitro groups is 6. The predicted molar refractivity (Wildman–Crippen MR) is 135 cm³/mol. The quantitative estimate of drug-likeness (QED) is 0.191. The van der Waals surface area contributed by atoms with Crippen molar-refractivity contribution in [2.75, 3.05) is 0 Å². The van der Waals surface area contributed by atoms with Crippen LogP contribution in [0.4, 0.5) is 34.1 Å². The molecule has 0 bridgehead atoms. The van der Waals surface area contributed by atoms with Crippen molar-refractivity contribution < 1.29 is 29.5 Å². The van der Waals surface area contributed by atoms with E-state index in [-0.39, 0.29) is 21.9 Å². The topological polar surface area (TPSA) is 259 Å². The molecule has 4 aromatic rings. The molecular formula is C22H10N6O12. The Balaban J connectivity index is 2.17. The number of nitro benzene ring substituents is 6. The number of hydrogen-bond donors (Lipinski definition) is 0. The van der Waals surface area contributed by atoms with Gasteiger partial charge in [0.1, 0.15) is 11.1 Å². The molecule has 0 atom stereocenters. The van der Waals surface area contributed by atoms with Gasteiger partial charge in [-0.15, -0.1) is 0 Å². The zero-order valence-electron chi connectivity index (χ0n) is 19.4. The molecule has 40 heavy (non-hydrogen) atoms. The second kappa shape index (κ2) is 9.78. The first-order chi connectivity index (χ1) is 18.8. The van der Waals surface area contributed by atoms with Gasteiger partial charge >= 0.3 is 0 Å². The van der Waals surface area contributed by atoms with E-state index in [0.29, 0.717) is 24.3 Å². The SMILES string of the molecule is O=[N+]([O-])c1cc([N+](=O)[O-])c(-c2cccc3c(-c4c([N+](=O)[O-])cc([N+](=O)[O-])cc4[N+](=O)[O-])cccc23)c([N+](=O)[O-])c1. The Labute approximate surface area is 218 Å². The first kappa shape index (κ1) is 26.6. The van der Waals surface area contributed by atoms with Crippen LogP contribution in [-0.2, 0) is 0 Å². The van der Waals surface area contributed by atoms with Crippen molar-refractivity contribution in [2.45, 2.75) is 0 Å². The molecule has 0 aliphatic rings. The highest BCUT2D eigenvalue weighted by Crippen LogP contribution is 2.47. The van der Waals surface area contributed by atoms with Gasteiger partial charge in [0.2, 0.25) is 0 Å². The molecule has 200 valence electrons. The highest BCUT2D eigenvalue weighted by atomic mass is 16.6. The standard InChI is InChI=1S/C22H10N6O12/c29-23(30)11-7-17(25(33)34)21(18(8-11)26(35)36)15-5-1-3-13-14(15)4-2-6-16(13)22-19(27(37)38)9-12(24(31)32)10-20(22)28(39)40/h1-10H. The van der Waals surface area contributed by atoms with Gasteiger partial charge in [0, 0.05) is 11.1 Å². The third-order valence-corrected chi connectivity index (χ3v) is 5.83. The van der Waals surface area contributed by atoms with E-state index >= 15 is 0 Å². The lowest BCUT2D eigenvalue weighted by molar-refractivity contribution is -0.402. The predicted octanol–water partition coefficient (Wildman–Crippen LogP) is 5.62. The molecule has 0 aliphatic carbocycles. The summed E-state index contributed by atoms with van der Waals surface area (Å²) in [6, 6.07) is 9.79. The van der Waals surface area contributed by atoms with Gasteiger partial charge in [0.05, 0.1) is 53.8 Å². The number of rotatable bonds is 8. The Kier molecular flexibility index (Phi) is 6.50. The monoisotopic (exact) mass is 550 g/mol. The summed E-state index contributed by atoms with van der Waals surface area (Å²) in [4.78, 5) is 63.6. The number of hydrogen-bond acceptors (Lipinski definition) is 12. The van der Waals surface area contributed by atoms with Crippen LogP contribution in [0, 0.1) is 60.7 Å². The molecule has 4 aromatic carbocycles. The molecule has 4 rings (SSSR count). The van der Waals surface area contributed by atoms with Crippen LogP contribution in [0.25, 0.3) is 33.0 Å². The van der Waals surface area contributed by atoms with E-state index in [1.165, 1.54) is 36.4 Å². The van der Waals surface area contributed by atoms with E-state index in [0.717, 1.165) is 0 Å². The lowest BCUT2D eigenvalue weighted by Crippen LogP contribution is -2.02. The summed E-state index contributed by atoms with van der Waals surface area (Å²) in [5.41, 5.74) is -7.35. The summed E-state index contributed by atoms with van der Waals surface area (Å²) in [7, 11) is 0. The highest BCUT2D eigenvalue weighted by Gasteiger charge is 2.35. The average molecular weight is 550 g/mol. The second-order valence-corrected chi connectivity index (χ2v) is 7.97. The number of benzene rings is 4. The van der Waals surface area contributed by atoms with Crippen LogP contribution in [-0.4, -0.2) is 29.5 Å². The summed E-state index contributed by atoms with van der Waals surface area (Å²) in [6.07, 6.45) is 0. The largest absolute Gasteiger partial charge is 0.291 e. The lowest BCUT2D eigenvalue weighted by atomic mass is 9.90. The molecule has 0 saturated carbocycles. The minimum atomic E-state index is -1.05. The molecule has 18 nitrogen and oxygen atoms in total. The van der Waals surface area contributed by atoms with E-state index in [1.807, 2.05) is 0 Å². The molecule has 0 heterocycles. The van der Waals surface area contributed by atoms with Crippen LogP contribution in [0.2, 0.25) is 0 Å². The normalized spacial score (nSPS) is 10.7. The summed E-state index contributed by atoms with van der Waals surface area (Å²) in [5.74, 6) is 0. The summed E-state index contributed by atoms with van der Waals surface area (Å²) in [5, 5.41) is 69.9. The maximum absolute atomic E-state index is 11.9. The zero-order valence-corrected chi connectivity index (χ0v) is 19.4. The fourth-order valence-electron chi connectivity index (χ4n) is 4.28. The Hall–Kier alpha value is -6.46. The van der Waals surface area contributed by atoms with E-state index in [4.69, 9.17) is 0 Å². The van der Waals surface area contributed by atoms with Crippen molar-refractivity contribution in [3.8, 4) is 22.3 Å². The smallest absolute Gasteiger partial charge is 0.258 e. The fraction of sp³-hybridized carbons (Fsp3) is 0. The molecule has 0 aromatic heterocycles. The van der Waals surface area contributed by atoms with E-state index in [9.17, 15) is 60.7 Å². The van der Waals surface area contributed by atoms with Crippen LogP contribution in [0.3, 0.4) is 0 Å². The van der Waals surface area contributed by atoms with Crippen molar-refractivity contribution in [3.05, 3.63) is 121 Å². The van der Waals surface area contributed by atoms with Gasteiger partial charge in [0.25, 0.3) is 34.1 Å². The van der Waals surface area contributed by atoms with E-state index in [2.05, 4.69) is 0 Å². The maximum atomic E-state index is 11.9. The minimum Gasteiger partial charge on any atom is -0.258 e. The lowest BCUT2D eigenvalue weighted by Gasteiger charge is -2.12. The zero-order chi connectivity index (χ0) is 29.5. The third-order valence-electron chi connectivity index (χ3n) is 5.83. The summed E-state index contributed by atoms with van der Waals surface area (Å²) >= 11 is 0. The fourth-order valence-corrected chi connectivity index (χ4v) is 4.28.